The van der Waals surface area contributed by atoms with Crippen LogP contribution in [-0.4, -0.2) is 47.6 Å². The van der Waals surface area contributed by atoms with Crippen LogP contribution < -0.4 is 5.73 Å². The van der Waals surface area contributed by atoms with E-state index in [9.17, 15) is 22.8 Å². The van der Waals surface area contributed by atoms with Gasteiger partial charge in [-0.05, 0) is 30.2 Å². The van der Waals surface area contributed by atoms with E-state index in [0.29, 0.717) is 15.2 Å². The molecule has 0 radical (unpaired) electrons. The molecular weight excluding hydrogens is 411 g/mol. The van der Waals surface area contributed by atoms with Gasteiger partial charge in [0.1, 0.15) is 17.9 Å². The van der Waals surface area contributed by atoms with Crippen LogP contribution in [-0.2, 0) is 22.3 Å². The maximum Gasteiger partial charge on any atom is 0.431 e. The van der Waals surface area contributed by atoms with Gasteiger partial charge in [0.15, 0.2) is 0 Å². The second-order valence-electron chi connectivity index (χ2n) is 6.66. The van der Waals surface area contributed by atoms with Gasteiger partial charge >= 0.3 is 6.18 Å². The zero-order chi connectivity index (χ0) is 21.3. The van der Waals surface area contributed by atoms with Gasteiger partial charge in [0.25, 0.3) is 5.91 Å². The number of rotatable bonds is 4. The van der Waals surface area contributed by atoms with E-state index < -0.39 is 30.2 Å². The fraction of sp³-hybridized carbons (Fsp3) is 0.368. The Kier molecular flexibility index (Phi) is 5.90. The maximum absolute atomic E-state index is 13.9. The van der Waals surface area contributed by atoms with Gasteiger partial charge in [-0.2, -0.15) is 13.2 Å². The molecule has 1 fully saturated rings. The number of hydrogen-bond donors (Lipinski definition) is 1. The Labute approximate surface area is 170 Å². The van der Waals surface area contributed by atoms with Crippen molar-refractivity contribution in [3.8, 4) is 11.1 Å². The summed E-state index contributed by atoms with van der Waals surface area (Å²) in [7, 11) is 0. The summed E-state index contributed by atoms with van der Waals surface area (Å²) in [4.78, 5) is 26.2. The molecule has 6 nitrogen and oxygen atoms in total. The first kappa shape index (κ1) is 21.2. The van der Waals surface area contributed by atoms with Crippen LogP contribution in [0.3, 0.4) is 0 Å². The Bertz CT molecular complexity index is 933. The van der Waals surface area contributed by atoms with Gasteiger partial charge in [0, 0.05) is 23.7 Å². The fourth-order valence-electron chi connectivity index (χ4n) is 3.53. The number of nitrogens with two attached hydrogens (primary N) is 1. The van der Waals surface area contributed by atoms with Gasteiger partial charge in [-0.25, -0.2) is 0 Å². The Morgan fingerprint density at radius 3 is 2.28 bits per heavy atom. The van der Waals surface area contributed by atoms with Crippen molar-refractivity contribution in [2.24, 2.45) is 5.73 Å². The summed E-state index contributed by atoms with van der Waals surface area (Å²) in [5.41, 5.74) is 4.25. The second-order valence-corrected chi connectivity index (χ2v) is 7.10. The fourth-order valence-corrected chi connectivity index (χ4v) is 3.66. The molecule has 156 valence electrons. The van der Waals surface area contributed by atoms with Gasteiger partial charge < -0.3 is 19.9 Å². The zero-order valence-electron chi connectivity index (χ0n) is 15.6. The summed E-state index contributed by atoms with van der Waals surface area (Å²) in [6.07, 6.45) is -4.79. The number of nitrogens with zero attached hydrogens (tertiary/aromatic N) is 2. The van der Waals surface area contributed by atoms with Crippen molar-refractivity contribution in [3.05, 3.63) is 46.2 Å². The highest BCUT2D eigenvalue weighted by molar-refractivity contribution is 6.30. The summed E-state index contributed by atoms with van der Waals surface area (Å²) >= 11 is 5.91. The molecule has 1 aliphatic heterocycles. The molecule has 10 heteroatoms. The number of morpholine rings is 1. The summed E-state index contributed by atoms with van der Waals surface area (Å²) in [6, 6.07) is 6.13. The lowest BCUT2D eigenvalue weighted by atomic mass is 10.00. The molecule has 0 aliphatic carbocycles. The molecule has 0 bridgehead atoms. The smallest absolute Gasteiger partial charge is 0.378 e. The number of halogens is 4. The van der Waals surface area contributed by atoms with Crippen LogP contribution in [0.5, 0.6) is 0 Å². The molecule has 3 rings (SSSR count). The minimum Gasteiger partial charge on any atom is -0.378 e. The van der Waals surface area contributed by atoms with Crippen LogP contribution in [0, 0.1) is 6.92 Å². The number of ether oxygens (including phenoxy) is 1. The highest BCUT2D eigenvalue weighted by Crippen LogP contribution is 2.41. The molecule has 1 aromatic heterocycles. The van der Waals surface area contributed by atoms with E-state index in [1.165, 1.54) is 36.1 Å². The molecule has 2 N–H and O–H groups in total. The average molecular weight is 430 g/mol. The highest BCUT2D eigenvalue weighted by atomic mass is 35.5. The molecule has 2 heterocycles. The maximum atomic E-state index is 13.9. The van der Waals surface area contributed by atoms with Crippen LogP contribution in [0.1, 0.15) is 21.7 Å². The first-order valence-corrected chi connectivity index (χ1v) is 9.20. The van der Waals surface area contributed by atoms with Crippen molar-refractivity contribution in [2.45, 2.75) is 19.6 Å². The summed E-state index contributed by atoms with van der Waals surface area (Å²) in [5, 5.41) is 0.403. The first-order chi connectivity index (χ1) is 13.6. The van der Waals surface area contributed by atoms with Crippen LogP contribution in [0.2, 0.25) is 5.02 Å². The number of aromatic nitrogens is 1. The van der Waals surface area contributed by atoms with Crippen LogP contribution in [0.15, 0.2) is 24.3 Å². The SMILES string of the molecule is Cc1c(-c2ccc(Cl)cc2)c(C(=O)N2CCOCC2)n(CC(N)=O)c1C(F)(F)F. The van der Waals surface area contributed by atoms with E-state index >= 15 is 0 Å². The highest BCUT2D eigenvalue weighted by Gasteiger charge is 2.42. The molecule has 0 atom stereocenters. The molecule has 0 spiro atoms. The molecular formula is C19H19ClF3N3O3. The van der Waals surface area contributed by atoms with E-state index in [1.807, 2.05) is 0 Å². The predicted molar refractivity (Wildman–Crippen MR) is 101 cm³/mol. The second kappa shape index (κ2) is 8.08. The van der Waals surface area contributed by atoms with Gasteiger partial charge in [0.05, 0.1) is 13.2 Å². The molecule has 29 heavy (non-hydrogen) atoms. The van der Waals surface area contributed by atoms with Gasteiger partial charge in [-0.1, -0.05) is 23.7 Å². The molecule has 0 saturated carbocycles. The van der Waals surface area contributed by atoms with Crippen LogP contribution >= 0.6 is 11.6 Å². The number of carbonyl (C=O) groups is 2. The number of benzene rings is 1. The zero-order valence-corrected chi connectivity index (χ0v) is 16.3. The number of carbonyl (C=O) groups excluding carboxylic acids is 2. The Morgan fingerprint density at radius 2 is 1.76 bits per heavy atom. The van der Waals surface area contributed by atoms with Crippen molar-refractivity contribution in [1.82, 2.24) is 9.47 Å². The van der Waals surface area contributed by atoms with Crippen molar-refractivity contribution in [2.75, 3.05) is 26.3 Å². The van der Waals surface area contributed by atoms with E-state index in [-0.39, 0.29) is 43.1 Å². The van der Waals surface area contributed by atoms with E-state index in [2.05, 4.69) is 0 Å². The lowest BCUT2D eigenvalue weighted by Gasteiger charge is -2.28. The number of alkyl halides is 3. The molecule has 1 aliphatic rings. The lowest BCUT2D eigenvalue weighted by Crippen LogP contribution is -2.42. The van der Waals surface area contributed by atoms with E-state index in [0.717, 1.165) is 0 Å². The normalized spacial score (nSPS) is 14.9. The standard InChI is InChI=1S/C19H19ClF3N3O3/c1-11-15(12-2-4-13(20)5-3-12)16(18(28)25-6-8-29-9-7-25)26(10-14(24)27)17(11)19(21,22)23/h2-5H,6-10H2,1H3,(H2,24,27). The third-order valence-corrected chi connectivity index (χ3v) is 4.98. The lowest BCUT2D eigenvalue weighted by molar-refractivity contribution is -0.144. The first-order valence-electron chi connectivity index (χ1n) is 8.82. The van der Waals surface area contributed by atoms with Crippen molar-refractivity contribution in [3.63, 3.8) is 0 Å². The largest absolute Gasteiger partial charge is 0.431 e. The monoisotopic (exact) mass is 429 g/mol. The quantitative estimate of drug-likeness (QED) is 0.811. The summed E-state index contributed by atoms with van der Waals surface area (Å²) in [5.74, 6) is -1.60. The number of hydrogen-bond acceptors (Lipinski definition) is 3. The minimum absolute atomic E-state index is 0.103. The minimum atomic E-state index is -4.79. The van der Waals surface area contributed by atoms with Gasteiger partial charge in [-0.15, -0.1) is 0 Å². The average Bonchev–Trinajstić information content (AvgIpc) is 2.94. The third kappa shape index (κ3) is 4.25. The number of primary amides is 1. The molecule has 0 unspecified atom stereocenters. The Hall–Kier alpha value is -2.52. The van der Waals surface area contributed by atoms with Crippen LogP contribution in [0.4, 0.5) is 13.2 Å². The van der Waals surface area contributed by atoms with E-state index in [4.69, 9.17) is 22.1 Å². The molecule has 1 saturated heterocycles. The Balaban J connectivity index is 2.30. The van der Waals surface area contributed by atoms with Crippen molar-refractivity contribution in [1.29, 1.82) is 0 Å². The summed E-state index contributed by atoms with van der Waals surface area (Å²) in [6.45, 7) is 1.55. The van der Waals surface area contributed by atoms with Crippen LogP contribution in [0.25, 0.3) is 11.1 Å². The topological polar surface area (TPSA) is 77.6 Å². The Morgan fingerprint density at radius 1 is 1.17 bits per heavy atom. The molecule has 1 aromatic carbocycles. The summed E-state index contributed by atoms with van der Waals surface area (Å²) < 4.78 is 47.6. The van der Waals surface area contributed by atoms with Crippen molar-refractivity contribution < 1.29 is 27.5 Å². The number of amides is 2. The van der Waals surface area contributed by atoms with Gasteiger partial charge in [0.2, 0.25) is 5.91 Å². The van der Waals surface area contributed by atoms with Gasteiger partial charge in [-0.3, -0.25) is 9.59 Å². The third-order valence-electron chi connectivity index (χ3n) is 4.72. The van der Waals surface area contributed by atoms with Crippen molar-refractivity contribution >= 4 is 23.4 Å². The predicted octanol–water partition coefficient (Wildman–Crippen LogP) is 3.09. The van der Waals surface area contributed by atoms with E-state index in [1.54, 1.807) is 0 Å². The molecule has 2 aromatic rings. The molecule has 2 amide bonds.